The molecule has 3 rings (SSSR count). The van der Waals surface area contributed by atoms with Crippen molar-refractivity contribution in [3.8, 4) is 0 Å². The molecule has 2 aromatic carbocycles. The van der Waals surface area contributed by atoms with Gasteiger partial charge in [0, 0.05) is 23.4 Å². The van der Waals surface area contributed by atoms with Gasteiger partial charge in [-0.25, -0.2) is 9.59 Å². The first-order chi connectivity index (χ1) is 11.5. The molecule has 24 heavy (non-hydrogen) atoms. The highest BCUT2D eigenvalue weighted by Crippen LogP contribution is 2.24. The van der Waals surface area contributed by atoms with E-state index < -0.39 is 4.92 Å². The van der Waals surface area contributed by atoms with Crippen molar-refractivity contribution in [2.45, 2.75) is 13.5 Å². The van der Waals surface area contributed by atoms with E-state index >= 15 is 0 Å². The van der Waals surface area contributed by atoms with Gasteiger partial charge in [0.2, 0.25) is 0 Å². The fraction of sp³-hybridized carbons (Fsp3) is 0.125. The van der Waals surface area contributed by atoms with Gasteiger partial charge in [0.1, 0.15) is 0 Å². The van der Waals surface area contributed by atoms with Crippen LogP contribution in [-0.2, 0) is 6.54 Å². The Morgan fingerprint density at radius 1 is 1.38 bits per heavy atom. The lowest BCUT2D eigenvalue weighted by Gasteiger charge is -1.99. The van der Waals surface area contributed by atoms with Gasteiger partial charge >= 0.3 is 0 Å². The Morgan fingerprint density at radius 2 is 2.12 bits per heavy atom. The number of amidine groups is 1. The van der Waals surface area contributed by atoms with E-state index in [9.17, 15) is 10.1 Å². The summed E-state index contributed by atoms with van der Waals surface area (Å²) in [5.74, 6) is 0.731. The zero-order chi connectivity index (χ0) is 17.7. The molecular formula is C16H14N5O2P. The molecule has 0 aromatic heterocycles. The van der Waals surface area contributed by atoms with Crippen LogP contribution in [0.2, 0.25) is 0 Å². The Hall–Kier alpha value is -3.10. The maximum Gasteiger partial charge on any atom is 0.259 e. The van der Waals surface area contributed by atoms with Crippen LogP contribution >= 0.6 is 9.03 Å². The van der Waals surface area contributed by atoms with Crippen molar-refractivity contribution in [3.05, 3.63) is 74.6 Å². The molecule has 0 saturated heterocycles. The van der Waals surface area contributed by atoms with E-state index in [1.54, 1.807) is 13.0 Å². The minimum atomic E-state index is -0.506. The third-order valence-corrected chi connectivity index (χ3v) is 3.62. The van der Waals surface area contributed by atoms with Crippen LogP contribution in [0.4, 0.5) is 17.1 Å². The van der Waals surface area contributed by atoms with Gasteiger partial charge in [0.15, 0.2) is 11.5 Å². The van der Waals surface area contributed by atoms with E-state index in [0.717, 1.165) is 22.6 Å². The van der Waals surface area contributed by atoms with Crippen LogP contribution in [0.15, 0.2) is 46.1 Å². The highest BCUT2D eigenvalue weighted by Gasteiger charge is 2.14. The van der Waals surface area contributed by atoms with Crippen molar-refractivity contribution in [2.24, 2.45) is 9.74 Å². The van der Waals surface area contributed by atoms with Crippen molar-refractivity contribution in [3.63, 3.8) is 0 Å². The maximum absolute atomic E-state index is 10.3. The number of nitrogen functional groups attached to an aromatic ring is 1. The second-order valence-corrected chi connectivity index (χ2v) is 5.23. The first kappa shape index (κ1) is 17.3. The molecule has 0 unspecified atom stereocenters. The largest absolute Gasteiger partial charge is 0.399 e. The first-order valence-corrected chi connectivity index (χ1v) is 7.34. The van der Waals surface area contributed by atoms with Gasteiger partial charge in [-0.2, -0.15) is 0 Å². The average Bonchev–Trinajstić information content (AvgIpc) is 2.97. The topological polar surface area (TPSA) is 98.2 Å². The average molecular weight is 339 g/mol. The summed E-state index contributed by atoms with van der Waals surface area (Å²) < 4.78 is 3.87. The van der Waals surface area contributed by atoms with Gasteiger partial charge in [-0.1, -0.05) is 12.1 Å². The number of nitrogens with two attached hydrogens (primary N) is 1. The summed E-state index contributed by atoms with van der Waals surface area (Å²) in [6.45, 7) is 9.18. The summed E-state index contributed by atoms with van der Waals surface area (Å²) in [5.41, 5.74) is 9.66. The first-order valence-electron chi connectivity index (χ1n) is 6.89. The van der Waals surface area contributed by atoms with Crippen LogP contribution in [0.1, 0.15) is 16.7 Å². The van der Waals surface area contributed by atoms with Crippen LogP contribution in [0.3, 0.4) is 0 Å². The molecule has 0 fully saturated rings. The molecule has 0 radical (unpaired) electrons. The van der Waals surface area contributed by atoms with E-state index in [4.69, 9.17) is 12.3 Å². The molecule has 0 spiro atoms. The van der Waals surface area contributed by atoms with Crippen molar-refractivity contribution < 1.29 is 4.92 Å². The third kappa shape index (κ3) is 3.80. The predicted octanol–water partition coefficient (Wildman–Crippen LogP) is 4.31. The minimum absolute atomic E-state index is 0.0356. The van der Waals surface area contributed by atoms with Gasteiger partial charge in [0.05, 0.1) is 18.0 Å². The molecule has 8 heteroatoms. The van der Waals surface area contributed by atoms with E-state index in [0.29, 0.717) is 12.2 Å². The Morgan fingerprint density at radius 3 is 2.75 bits per heavy atom. The van der Waals surface area contributed by atoms with Gasteiger partial charge in [-0.15, -0.1) is 0 Å². The molecule has 0 amide bonds. The molecule has 2 N–H and O–H groups in total. The van der Waals surface area contributed by atoms with Crippen molar-refractivity contribution >= 4 is 31.9 Å². The van der Waals surface area contributed by atoms with Gasteiger partial charge in [0.25, 0.3) is 5.69 Å². The summed E-state index contributed by atoms with van der Waals surface area (Å²) in [5, 5.41) is 10.3. The quantitative estimate of drug-likeness (QED) is 0.275. The zero-order valence-corrected chi connectivity index (χ0v) is 13.9. The molecule has 0 bridgehead atoms. The van der Waals surface area contributed by atoms with Crippen molar-refractivity contribution in [2.75, 3.05) is 5.73 Å². The number of benzene rings is 2. The van der Waals surface area contributed by atoms with Crippen LogP contribution in [0, 0.1) is 23.6 Å². The number of non-ortho nitro benzene ring substituents is 1. The smallest absolute Gasteiger partial charge is 0.259 e. The summed E-state index contributed by atoms with van der Waals surface area (Å²) in [7, 11) is 3.07. The third-order valence-electron chi connectivity index (χ3n) is 3.40. The number of nitro benzene ring substituents is 1. The normalized spacial score (nSPS) is 11.4. The van der Waals surface area contributed by atoms with Crippen molar-refractivity contribution in [1.82, 2.24) is 0 Å². The van der Waals surface area contributed by atoms with E-state index in [1.165, 1.54) is 17.7 Å². The molecule has 1 aliphatic rings. The SMILES string of the molecule is Nc1ccc2c(c1)C(N=P)=NC2.[C-]#[N+]c1cc([N+](=O)[O-])ccc1C. The van der Waals surface area contributed by atoms with E-state index in [2.05, 4.69) is 23.6 Å². The van der Waals surface area contributed by atoms with E-state index in [-0.39, 0.29) is 5.69 Å². The van der Waals surface area contributed by atoms with Crippen LogP contribution in [-0.4, -0.2) is 10.8 Å². The molecule has 1 aliphatic heterocycles. The summed E-state index contributed by atoms with van der Waals surface area (Å²) in [6, 6.07) is 10.0. The predicted molar refractivity (Wildman–Crippen MR) is 95.9 cm³/mol. The lowest BCUT2D eigenvalue weighted by atomic mass is 10.1. The summed E-state index contributed by atoms with van der Waals surface area (Å²) in [4.78, 5) is 17.1. The number of nitro groups is 1. The Kier molecular flexibility index (Phi) is 5.35. The molecule has 7 nitrogen and oxygen atoms in total. The number of fused-ring (bicyclic) bond motifs is 1. The number of aliphatic imine (C=N–C) groups is 1. The Labute approximate surface area is 141 Å². The zero-order valence-electron chi connectivity index (χ0n) is 12.9. The van der Waals surface area contributed by atoms with Crippen LogP contribution < -0.4 is 5.73 Å². The van der Waals surface area contributed by atoms with Gasteiger partial charge in [-0.3, -0.25) is 15.1 Å². The van der Waals surface area contributed by atoms with Gasteiger partial charge < -0.3 is 5.73 Å². The highest BCUT2D eigenvalue weighted by atomic mass is 31.0. The Bertz CT molecular complexity index is 887. The number of aryl methyl sites for hydroxylation is 1. The fourth-order valence-electron chi connectivity index (χ4n) is 2.11. The number of hydrogen-bond acceptors (Lipinski definition) is 5. The molecule has 0 atom stereocenters. The summed E-state index contributed by atoms with van der Waals surface area (Å²) in [6.07, 6.45) is 0. The molecule has 120 valence electrons. The fourth-order valence-corrected chi connectivity index (χ4v) is 2.30. The van der Waals surface area contributed by atoms with Crippen molar-refractivity contribution in [1.29, 1.82) is 0 Å². The highest BCUT2D eigenvalue weighted by molar-refractivity contribution is 7.05. The number of nitrogens with zero attached hydrogens (tertiary/aromatic N) is 4. The Balaban J connectivity index is 0.000000174. The molecule has 2 aromatic rings. The molecule has 0 aliphatic carbocycles. The number of hydrogen-bond donors (Lipinski definition) is 1. The summed E-state index contributed by atoms with van der Waals surface area (Å²) >= 11 is 0. The lowest BCUT2D eigenvalue weighted by molar-refractivity contribution is -0.384. The second-order valence-electron chi connectivity index (χ2n) is 5.01. The monoisotopic (exact) mass is 339 g/mol. The maximum atomic E-state index is 10.3. The standard InChI is InChI=1S/C8H8N3P.C8H6N2O2/c9-6-2-1-5-4-10-8(11-12)7(5)3-6;1-6-3-4-7(10(11)12)5-8(6)9-2/h1-3,12H,4,9H2;3-5H,1H3. The minimum Gasteiger partial charge on any atom is -0.399 e. The molecular weight excluding hydrogens is 325 g/mol. The second kappa shape index (κ2) is 7.44. The van der Waals surface area contributed by atoms with Gasteiger partial charge in [-0.05, 0) is 39.2 Å². The molecule has 1 heterocycles. The lowest BCUT2D eigenvalue weighted by Crippen LogP contribution is -1.94. The molecule has 0 saturated carbocycles. The van der Waals surface area contributed by atoms with Crippen LogP contribution in [0.25, 0.3) is 4.85 Å². The van der Waals surface area contributed by atoms with Crippen LogP contribution in [0.5, 0.6) is 0 Å². The van der Waals surface area contributed by atoms with E-state index in [1.807, 2.05) is 18.2 Å². The number of anilines is 1. The number of rotatable bonds is 1.